The summed E-state index contributed by atoms with van der Waals surface area (Å²) in [7, 11) is 3.50. The maximum atomic E-state index is 11.3. The topological polar surface area (TPSA) is 311 Å². The highest BCUT2D eigenvalue weighted by molar-refractivity contribution is 6.65. The number of carbonyl (C=O) groups excluding carboxylic acids is 10. The first kappa shape index (κ1) is 114. The van der Waals surface area contributed by atoms with Crippen molar-refractivity contribution in [2.75, 3.05) is 45.9 Å². The number of fused-ring (bicyclic) bond motifs is 6. The molecule has 0 aliphatic heterocycles. The molecule has 15 aromatic rings. The molecule has 145 heavy (non-hydrogen) atoms. The predicted molar refractivity (Wildman–Crippen MR) is 578 cm³/mol. The number of benzene rings is 15. The summed E-state index contributed by atoms with van der Waals surface area (Å²) >= 11 is 0. The minimum atomic E-state index is -2.12. The lowest BCUT2D eigenvalue weighted by atomic mass is 10.00. The lowest BCUT2D eigenvalue weighted by Gasteiger charge is -2.21. The molecule has 2 amide bonds. The van der Waals surface area contributed by atoms with Crippen LogP contribution in [0, 0.1) is 0 Å². The number of Topliss-reactive ketones (excluding diaryl/α,β-unsaturated/α-hetero) is 1. The monoisotopic (exact) mass is 1960 g/mol. The molecule has 742 valence electrons. The molecule has 1 unspecified atom stereocenters. The fourth-order valence-electron chi connectivity index (χ4n) is 13.1. The number of hydrogen-bond acceptors (Lipinski definition) is 22. The van der Waals surface area contributed by atoms with Crippen LogP contribution in [0.1, 0.15) is 43.5 Å². The van der Waals surface area contributed by atoms with Gasteiger partial charge >= 0.3 is 50.3 Å². The molecule has 0 aliphatic rings. The van der Waals surface area contributed by atoms with E-state index in [0.29, 0.717) is 59.6 Å². The number of nitrogens with zero attached hydrogens (tertiary/aromatic N) is 1. The van der Waals surface area contributed by atoms with E-state index in [0.717, 1.165) is 114 Å². The highest BCUT2D eigenvalue weighted by Gasteiger charge is 2.25. The number of phenols is 1. The van der Waals surface area contributed by atoms with Crippen LogP contribution in [0.15, 0.2) is 435 Å². The largest absolute Gasteiger partial charge is 0.520 e. The van der Waals surface area contributed by atoms with Gasteiger partial charge in [0.05, 0.1) is 6.04 Å². The molecule has 0 saturated heterocycles. The van der Waals surface area contributed by atoms with E-state index in [2.05, 4.69) is 112 Å². The molecule has 25 heteroatoms. The SMILES string of the molecule is C=C(C)C(=O)Oc1ccccc1.C=CC(=O)NC(C)c1cccc2ccccc12.C=CC(=O)NCCc1cccc2ccccc12.C=CC(=O)OCCOc1ccccc1.C=CC(=O)Oc1ccc(N(C)C)c2ccccc12.C=CC(=O)Oc1ccc2cc(CC(C)=O)ccc2c1.C=CC(=O)Oc1ccc2cc(O)ccc2c1.C=CC(=O)Oc1ccc2cc(O[Si](C)(C)OC)ccc2c1.C=CC(=O)Oc1ccccc1. The number of phenolic OH excluding ortho intramolecular Hbond substituents is 1. The summed E-state index contributed by atoms with van der Waals surface area (Å²) in [6.07, 6.45) is 10.7. The maximum Gasteiger partial charge on any atom is 0.392 e. The zero-order valence-electron chi connectivity index (χ0n) is 82.3. The van der Waals surface area contributed by atoms with E-state index >= 15 is 0 Å². The van der Waals surface area contributed by atoms with Gasteiger partial charge in [-0.3, -0.25) is 14.4 Å². The van der Waals surface area contributed by atoms with Crippen molar-refractivity contribution in [1.29, 1.82) is 0 Å². The van der Waals surface area contributed by atoms with Gasteiger partial charge in [0, 0.05) is 92.7 Å². The zero-order chi connectivity index (χ0) is 106. The van der Waals surface area contributed by atoms with Crippen LogP contribution in [0.3, 0.4) is 0 Å². The second kappa shape index (κ2) is 60.6. The Bertz CT molecular complexity index is 7050. The van der Waals surface area contributed by atoms with Gasteiger partial charge in [-0.25, -0.2) is 33.6 Å². The van der Waals surface area contributed by atoms with Crippen molar-refractivity contribution in [3.63, 3.8) is 0 Å². The van der Waals surface area contributed by atoms with Gasteiger partial charge in [0.15, 0.2) is 0 Å². The van der Waals surface area contributed by atoms with Crippen molar-refractivity contribution >= 4 is 138 Å². The molecule has 0 bridgehead atoms. The van der Waals surface area contributed by atoms with Crippen molar-refractivity contribution in [3.8, 4) is 51.7 Å². The first-order chi connectivity index (χ1) is 69.7. The molecule has 0 fully saturated rings. The van der Waals surface area contributed by atoms with Crippen LogP contribution >= 0.6 is 0 Å². The fraction of sp³-hybridized carbons (Fsp3) is 0.117. The highest BCUT2D eigenvalue weighted by atomic mass is 28.4. The number of anilines is 1. The van der Waals surface area contributed by atoms with Crippen molar-refractivity contribution in [3.05, 3.63) is 452 Å². The number of nitrogens with one attached hydrogen (secondary N) is 2. The lowest BCUT2D eigenvalue weighted by Crippen LogP contribution is -2.36. The summed E-state index contributed by atoms with van der Waals surface area (Å²) < 4.78 is 51.4. The van der Waals surface area contributed by atoms with E-state index in [4.69, 9.17) is 46.7 Å². The Labute approximate surface area is 845 Å². The van der Waals surface area contributed by atoms with Crippen LogP contribution in [0.4, 0.5) is 5.69 Å². The van der Waals surface area contributed by atoms with Crippen molar-refractivity contribution in [2.45, 2.75) is 52.7 Å². The van der Waals surface area contributed by atoms with Gasteiger partial charge < -0.3 is 67.4 Å². The molecule has 0 heterocycles. The van der Waals surface area contributed by atoms with Gasteiger partial charge in [-0.05, 0) is 232 Å². The predicted octanol–water partition coefficient (Wildman–Crippen LogP) is 24.0. The molecule has 0 saturated carbocycles. The first-order valence-corrected chi connectivity index (χ1v) is 48.2. The lowest BCUT2D eigenvalue weighted by molar-refractivity contribution is -0.138. The third kappa shape index (κ3) is 40.3. The highest BCUT2D eigenvalue weighted by Crippen LogP contribution is 2.35. The Balaban J connectivity index is 0.000000222. The van der Waals surface area contributed by atoms with Gasteiger partial charge in [0.25, 0.3) is 0 Å². The number of carbonyl (C=O) groups is 10. The van der Waals surface area contributed by atoms with E-state index < -0.39 is 44.4 Å². The van der Waals surface area contributed by atoms with E-state index in [1.54, 1.807) is 136 Å². The van der Waals surface area contributed by atoms with Crippen LogP contribution in [-0.4, -0.2) is 114 Å². The summed E-state index contributed by atoms with van der Waals surface area (Å²) in [5.41, 5.74) is 4.85. The minimum Gasteiger partial charge on any atom is -0.520 e. The fourth-order valence-corrected chi connectivity index (χ4v) is 13.9. The molecule has 0 radical (unpaired) electrons. The smallest absolute Gasteiger partial charge is 0.392 e. The van der Waals surface area contributed by atoms with Gasteiger partial charge in [0.1, 0.15) is 70.7 Å². The van der Waals surface area contributed by atoms with Gasteiger partial charge in [-0.2, -0.15) is 0 Å². The molecular weight excluding hydrogens is 1850 g/mol. The standard InChI is InChI=1S/C16H18O4Si.C16H14O3.C15H15NO2.2C15H15NO.C13H10O3.C11H12O3.C10H10O2.C9H8O2/c1-5-16(17)19-14-8-6-13-11-15(9-7-12(13)10-14)20-21(3,4)18-2;1-3-16(18)19-15-7-6-13-9-12(8-11(2)17)4-5-14(13)10-15;1-4-15(17)18-14-10-9-13(16(2)3)11-7-5-6-8-12(11)14;1-3-15(17)16-11(2)13-10-6-8-12-7-4-5-9-14(12)13;1-2-15(17)16-11-10-13-8-5-7-12-6-3-4-9-14(12)13;1-2-13(15)16-12-6-4-9-7-11(14)5-3-10(9)8-12;1-2-11(12)14-9-8-13-10-6-4-3-5-7-10;1-8(2)10(11)12-9-6-4-3-5-7-9;1-2-9(10)11-8-6-4-3-5-7-8/h5-11H,1H2,2-4H3;3-7,9-10H,1,8H2,2H3;4-10H,1H2,2-3H3;3-11H,1H2,2H3,(H,16,17);2-9H,1,10-11H2,(H,16,17);2-8,14H,1H2;2-7H,1,8-9H2;3-7H,1H2,2H3;2-7H,1H2. The molecule has 0 spiro atoms. The molecule has 0 aromatic heterocycles. The Morgan fingerprint density at radius 2 is 0.786 bits per heavy atom. The number of esters is 7. The molecular formula is C120H117N3O21Si. The molecule has 15 aromatic carbocycles. The van der Waals surface area contributed by atoms with Crippen LogP contribution in [0.5, 0.6) is 51.7 Å². The molecule has 24 nitrogen and oxygen atoms in total. The summed E-state index contributed by atoms with van der Waals surface area (Å²) in [5.74, 6) is 1.56. The molecule has 15 rings (SSSR count). The van der Waals surface area contributed by atoms with E-state index in [-0.39, 0.29) is 42.0 Å². The molecule has 0 aliphatic carbocycles. The average Bonchev–Trinajstić information content (AvgIpc) is 0.764. The van der Waals surface area contributed by atoms with Crippen LogP contribution in [0.2, 0.25) is 13.1 Å². The van der Waals surface area contributed by atoms with Crippen molar-refractivity contribution in [2.24, 2.45) is 0 Å². The van der Waals surface area contributed by atoms with Crippen molar-refractivity contribution < 1.29 is 99.8 Å². The Hall–Kier alpha value is -18.2. The summed E-state index contributed by atoms with van der Waals surface area (Å²) in [4.78, 5) is 112. The quantitative estimate of drug-likeness (QED) is 0.0124. The maximum absolute atomic E-state index is 11.3. The molecule has 1 atom stereocenters. The number of amides is 2. The minimum absolute atomic E-state index is 0.0217. The Morgan fingerprint density at radius 1 is 0.379 bits per heavy atom. The third-order valence-corrected chi connectivity index (χ3v) is 21.9. The van der Waals surface area contributed by atoms with E-state index in [9.17, 15) is 53.1 Å². The van der Waals surface area contributed by atoms with E-state index in [1.807, 2.05) is 203 Å². The van der Waals surface area contributed by atoms with Gasteiger partial charge in [-0.1, -0.05) is 272 Å². The first-order valence-electron chi connectivity index (χ1n) is 45.4. The van der Waals surface area contributed by atoms with Crippen LogP contribution in [-0.2, 0) is 69.9 Å². The Morgan fingerprint density at radius 3 is 1.28 bits per heavy atom. The van der Waals surface area contributed by atoms with Gasteiger partial charge in [-0.15, -0.1) is 0 Å². The number of aromatic hydroxyl groups is 1. The molecule has 3 N–H and O–H groups in total. The second-order valence-corrected chi connectivity index (χ2v) is 35.1. The van der Waals surface area contributed by atoms with Gasteiger partial charge in [0.2, 0.25) is 11.8 Å². The van der Waals surface area contributed by atoms with Crippen LogP contribution < -0.4 is 53.1 Å². The summed E-state index contributed by atoms with van der Waals surface area (Å²) in [5, 5.41) is 27.5. The van der Waals surface area contributed by atoms with Crippen LogP contribution in [0.25, 0.3) is 64.6 Å². The third-order valence-electron chi connectivity index (χ3n) is 20.2. The van der Waals surface area contributed by atoms with Crippen molar-refractivity contribution in [1.82, 2.24) is 10.6 Å². The number of para-hydroxylation sites is 3. The number of rotatable bonds is 30. The average molecular weight is 1970 g/mol. The second-order valence-electron chi connectivity index (χ2n) is 31.7. The normalized spacial score (nSPS) is 10.2. The number of ether oxygens (including phenoxy) is 8. The summed E-state index contributed by atoms with van der Waals surface area (Å²) in [6, 6.07) is 100. The summed E-state index contributed by atoms with van der Waals surface area (Å²) in [6.45, 7) is 40.7. The number of ketones is 1. The number of hydrogen-bond donors (Lipinski definition) is 3. The zero-order valence-corrected chi connectivity index (χ0v) is 83.3. The van der Waals surface area contributed by atoms with E-state index in [1.165, 1.54) is 39.3 Å². The Kier molecular flexibility index (Phi) is 47.6.